The first-order chi connectivity index (χ1) is 16.2. The van der Waals surface area contributed by atoms with Gasteiger partial charge in [0.1, 0.15) is 0 Å². The minimum Gasteiger partial charge on any atom is -0.236 e. The summed E-state index contributed by atoms with van der Waals surface area (Å²) in [6.45, 7) is 6.92. The van der Waals surface area contributed by atoms with Crippen LogP contribution in [0.25, 0.3) is 11.4 Å². The molecule has 0 unspecified atom stereocenters. The Morgan fingerprint density at radius 2 is 1.06 bits per heavy atom. The maximum Gasteiger partial charge on any atom is 0.159 e. The Labute approximate surface area is 205 Å². The third-order valence-corrected chi connectivity index (χ3v) is 6.73. The van der Waals surface area contributed by atoms with Gasteiger partial charge in [0.05, 0.1) is 0 Å². The maximum absolute atomic E-state index is 4.64. The highest BCUT2D eigenvalue weighted by atomic mass is 14.9. The molecule has 0 N–H and O–H groups in total. The Hall–Kier alpha value is -1.70. The third-order valence-electron chi connectivity index (χ3n) is 6.73. The monoisotopic (exact) mass is 450 g/mol. The van der Waals surface area contributed by atoms with E-state index in [4.69, 9.17) is 0 Å². The lowest BCUT2D eigenvalue weighted by molar-refractivity contribution is 0.515. The van der Waals surface area contributed by atoms with Gasteiger partial charge in [-0.1, -0.05) is 129 Å². The van der Waals surface area contributed by atoms with Gasteiger partial charge >= 0.3 is 0 Å². The zero-order valence-electron chi connectivity index (χ0n) is 22.0. The van der Waals surface area contributed by atoms with Crippen LogP contribution >= 0.6 is 0 Å². The van der Waals surface area contributed by atoms with Crippen molar-refractivity contribution in [3.8, 4) is 11.4 Å². The van der Waals surface area contributed by atoms with Crippen LogP contribution in [0.1, 0.15) is 128 Å². The highest BCUT2D eigenvalue weighted by Crippen LogP contribution is 2.18. The molecule has 0 saturated heterocycles. The fourth-order valence-corrected chi connectivity index (χ4v) is 4.51. The van der Waals surface area contributed by atoms with Crippen molar-refractivity contribution in [2.75, 3.05) is 0 Å². The fraction of sp³-hybridized carbons (Fsp3) is 0.677. The Kier molecular flexibility index (Phi) is 14.8. The number of unbranched alkanes of at least 4 members (excludes halogenated alkanes) is 12. The first-order valence-corrected chi connectivity index (χ1v) is 14.1. The molecule has 0 saturated carbocycles. The second-order valence-corrected chi connectivity index (χ2v) is 10.4. The molecule has 0 fully saturated rings. The number of nitrogens with zero attached hydrogens (tertiary/aromatic N) is 2. The molecule has 0 radical (unpaired) electrons. The first kappa shape index (κ1) is 27.5. The summed E-state index contributed by atoms with van der Waals surface area (Å²) in [5.41, 5.74) is 3.83. The number of hydrogen-bond acceptors (Lipinski definition) is 2. The van der Waals surface area contributed by atoms with Gasteiger partial charge in [0.15, 0.2) is 5.82 Å². The fourth-order valence-electron chi connectivity index (χ4n) is 4.51. The van der Waals surface area contributed by atoms with E-state index >= 15 is 0 Å². The molecule has 0 amide bonds. The summed E-state index contributed by atoms with van der Waals surface area (Å²) in [7, 11) is 0. The molecule has 0 atom stereocenters. The van der Waals surface area contributed by atoms with Crippen LogP contribution < -0.4 is 0 Å². The van der Waals surface area contributed by atoms with E-state index in [-0.39, 0.29) is 0 Å². The molecule has 0 aliphatic carbocycles. The van der Waals surface area contributed by atoms with Gasteiger partial charge in [-0.15, -0.1) is 0 Å². The molecule has 0 spiro atoms. The van der Waals surface area contributed by atoms with E-state index in [1.54, 1.807) is 0 Å². The summed E-state index contributed by atoms with van der Waals surface area (Å²) >= 11 is 0. The topological polar surface area (TPSA) is 25.8 Å². The van der Waals surface area contributed by atoms with Crippen LogP contribution in [-0.2, 0) is 12.8 Å². The van der Waals surface area contributed by atoms with Crippen molar-refractivity contribution in [3.05, 3.63) is 47.8 Å². The van der Waals surface area contributed by atoms with Gasteiger partial charge in [0.2, 0.25) is 0 Å². The van der Waals surface area contributed by atoms with Crippen LogP contribution in [0, 0.1) is 5.92 Å². The highest BCUT2D eigenvalue weighted by molar-refractivity contribution is 5.55. The second kappa shape index (κ2) is 17.7. The molecule has 2 heteroatoms. The molecule has 1 heterocycles. The summed E-state index contributed by atoms with van der Waals surface area (Å²) in [4.78, 5) is 9.28. The quantitative estimate of drug-likeness (QED) is 0.199. The van der Waals surface area contributed by atoms with Crippen molar-refractivity contribution >= 4 is 0 Å². The number of benzene rings is 1. The van der Waals surface area contributed by atoms with Gasteiger partial charge in [0, 0.05) is 18.0 Å². The van der Waals surface area contributed by atoms with E-state index in [2.05, 4.69) is 55.0 Å². The average Bonchev–Trinajstić information content (AvgIpc) is 2.83. The number of aromatic nitrogens is 2. The van der Waals surface area contributed by atoms with E-state index < -0.39 is 0 Å². The summed E-state index contributed by atoms with van der Waals surface area (Å²) in [6, 6.07) is 8.89. The van der Waals surface area contributed by atoms with Crippen molar-refractivity contribution in [2.45, 2.75) is 130 Å². The van der Waals surface area contributed by atoms with Crippen LogP contribution in [0.2, 0.25) is 0 Å². The minimum atomic E-state index is 0.850. The summed E-state index contributed by atoms with van der Waals surface area (Å²) in [5.74, 6) is 1.70. The molecule has 0 aliphatic heterocycles. The molecular weight excluding hydrogens is 400 g/mol. The Morgan fingerprint density at radius 3 is 1.61 bits per heavy atom. The molecule has 1 aromatic heterocycles. The molecule has 2 rings (SSSR count). The smallest absolute Gasteiger partial charge is 0.159 e. The standard InChI is InChI=1S/C31H50N2/c1-4-5-6-7-8-9-10-13-17-20-29-25-32-31(33-26-29)30-23-21-28(22-24-30)19-16-14-11-12-15-18-27(2)3/h21-27H,4-20H2,1-3H3. The van der Waals surface area contributed by atoms with Gasteiger partial charge in [-0.3, -0.25) is 0 Å². The van der Waals surface area contributed by atoms with Gasteiger partial charge in [-0.05, 0) is 42.7 Å². The molecular formula is C31H50N2. The van der Waals surface area contributed by atoms with E-state index in [0.29, 0.717) is 0 Å². The minimum absolute atomic E-state index is 0.850. The van der Waals surface area contributed by atoms with Crippen LogP contribution in [0.15, 0.2) is 36.7 Å². The summed E-state index contributed by atoms with van der Waals surface area (Å²) in [6.07, 6.45) is 26.9. The second-order valence-electron chi connectivity index (χ2n) is 10.4. The van der Waals surface area contributed by atoms with E-state index in [1.165, 1.54) is 114 Å². The van der Waals surface area contributed by atoms with Gasteiger partial charge < -0.3 is 0 Å². The van der Waals surface area contributed by atoms with Gasteiger partial charge in [0.25, 0.3) is 0 Å². The molecule has 2 nitrogen and oxygen atoms in total. The first-order valence-electron chi connectivity index (χ1n) is 14.1. The predicted molar refractivity (Wildman–Crippen MR) is 145 cm³/mol. The largest absolute Gasteiger partial charge is 0.236 e. The Bertz CT molecular complexity index is 703. The van der Waals surface area contributed by atoms with Crippen molar-refractivity contribution in [3.63, 3.8) is 0 Å². The Morgan fingerprint density at radius 1 is 0.576 bits per heavy atom. The predicted octanol–water partition coefficient (Wildman–Crippen LogP) is 9.76. The lowest BCUT2D eigenvalue weighted by Crippen LogP contribution is -1.94. The maximum atomic E-state index is 4.64. The zero-order chi connectivity index (χ0) is 23.6. The van der Waals surface area contributed by atoms with Gasteiger partial charge in [-0.25, -0.2) is 9.97 Å². The average molecular weight is 451 g/mol. The third kappa shape index (κ3) is 12.9. The number of aryl methyl sites for hydroxylation is 2. The molecule has 184 valence electrons. The zero-order valence-corrected chi connectivity index (χ0v) is 22.0. The molecule has 1 aromatic carbocycles. The van der Waals surface area contributed by atoms with Crippen molar-refractivity contribution < 1.29 is 0 Å². The molecule has 0 bridgehead atoms. The molecule has 0 aliphatic rings. The van der Waals surface area contributed by atoms with Crippen molar-refractivity contribution in [1.82, 2.24) is 9.97 Å². The normalized spacial score (nSPS) is 11.4. The van der Waals surface area contributed by atoms with Gasteiger partial charge in [-0.2, -0.15) is 0 Å². The van der Waals surface area contributed by atoms with Crippen LogP contribution in [0.3, 0.4) is 0 Å². The van der Waals surface area contributed by atoms with E-state index in [0.717, 1.165) is 23.7 Å². The number of hydrogen-bond donors (Lipinski definition) is 0. The van der Waals surface area contributed by atoms with Crippen LogP contribution in [0.4, 0.5) is 0 Å². The van der Waals surface area contributed by atoms with E-state index in [9.17, 15) is 0 Å². The number of rotatable bonds is 19. The lowest BCUT2D eigenvalue weighted by atomic mass is 10.0. The van der Waals surface area contributed by atoms with E-state index in [1.807, 2.05) is 12.4 Å². The molecule has 2 aromatic rings. The lowest BCUT2D eigenvalue weighted by Gasteiger charge is -2.06. The summed E-state index contributed by atoms with van der Waals surface area (Å²) in [5, 5.41) is 0. The van der Waals surface area contributed by atoms with Crippen LogP contribution in [0.5, 0.6) is 0 Å². The highest BCUT2D eigenvalue weighted by Gasteiger charge is 2.03. The van der Waals surface area contributed by atoms with Crippen molar-refractivity contribution in [1.29, 1.82) is 0 Å². The van der Waals surface area contributed by atoms with Crippen LogP contribution in [-0.4, -0.2) is 9.97 Å². The SMILES string of the molecule is CCCCCCCCCCCc1cnc(-c2ccc(CCCCCCCC(C)C)cc2)nc1. The summed E-state index contributed by atoms with van der Waals surface area (Å²) < 4.78 is 0. The molecule has 33 heavy (non-hydrogen) atoms. The Balaban J connectivity index is 1.60. The van der Waals surface area contributed by atoms with Crippen molar-refractivity contribution in [2.24, 2.45) is 5.92 Å².